The van der Waals surface area contributed by atoms with E-state index in [4.69, 9.17) is 21.0 Å². The average molecular weight is 345 g/mol. The summed E-state index contributed by atoms with van der Waals surface area (Å²) >= 11 is 0. The van der Waals surface area contributed by atoms with Crippen molar-refractivity contribution in [2.45, 2.75) is 24.8 Å². The summed E-state index contributed by atoms with van der Waals surface area (Å²) in [6.07, 6.45) is 2.67. The van der Waals surface area contributed by atoms with E-state index in [9.17, 15) is 0 Å². The number of amides is 1. The van der Waals surface area contributed by atoms with E-state index in [0.29, 0.717) is 0 Å². The number of guanidine groups is 1. The summed E-state index contributed by atoms with van der Waals surface area (Å²) in [4.78, 5) is 14.9. The first-order valence-corrected chi connectivity index (χ1v) is 9.07. The Labute approximate surface area is 138 Å². The molecule has 0 unspecified atom stereocenters. The van der Waals surface area contributed by atoms with Crippen molar-refractivity contribution in [1.82, 2.24) is 9.88 Å². The second-order valence-corrected chi connectivity index (χ2v) is 6.57. The SMILES string of the molecule is CCCCN(CCSSc1ccccn1)C(=N)N.NC(=O)O. The van der Waals surface area contributed by atoms with Crippen LogP contribution in [-0.4, -0.2) is 45.9 Å². The van der Waals surface area contributed by atoms with Crippen LogP contribution in [0.5, 0.6) is 0 Å². The van der Waals surface area contributed by atoms with Crippen molar-refractivity contribution in [3.8, 4) is 0 Å². The van der Waals surface area contributed by atoms with Crippen molar-refractivity contribution in [3.63, 3.8) is 0 Å². The van der Waals surface area contributed by atoms with Gasteiger partial charge >= 0.3 is 6.09 Å². The van der Waals surface area contributed by atoms with E-state index in [1.807, 2.05) is 23.1 Å². The predicted molar refractivity (Wildman–Crippen MR) is 93.2 cm³/mol. The van der Waals surface area contributed by atoms with E-state index in [0.717, 1.165) is 36.7 Å². The van der Waals surface area contributed by atoms with Gasteiger partial charge in [-0.2, -0.15) is 0 Å². The monoisotopic (exact) mass is 345 g/mol. The molecule has 0 atom stereocenters. The summed E-state index contributed by atoms with van der Waals surface area (Å²) in [5.74, 6) is 1.11. The van der Waals surface area contributed by atoms with E-state index in [1.165, 1.54) is 0 Å². The number of carbonyl (C=O) groups is 1. The summed E-state index contributed by atoms with van der Waals surface area (Å²) in [7, 11) is 3.41. The lowest BCUT2D eigenvalue weighted by Crippen LogP contribution is -2.38. The number of hydrogen-bond acceptors (Lipinski definition) is 5. The molecule has 0 bridgehead atoms. The van der Waals surface area contributed by atoms with Crippen LogP contribution in [0.15, 0.2) is 29.4 Å². The van der Waals surface area contributed by atoms with Gasteiger partial charge in [0, 0.05) is 25.0 Å². The highest BCUT2D eigenvalue weighted by Crippen LogP contribution is 2.28. The normalized spacial score (nSPS) is 9.50. The number of nitrogens with two attached hydrogens (primary N) is 2. The molecule has 6 N–H and O–H groups in total. The standard InChI is InChI=1S/C12H20N4S2.CH3NO2/c1-2-3-8-16(12(13)14)9-10-17-18-11-6-4-5-7-15-11;2-1(3)4/h4-7H,2-3,8-10H2,1H3,(H3,13,14);2H2,(H,3,4). The van der Waals surface area contributed by atoms with Gasteiger partial charge in [0.15, 0.2) is 5.96 Å². The fourth-order valence-corrected chi connectivity index (χ4v) is 3.22. The molecular formula is C13H23N5O2S2. The van der Waals surface area contributed by atoms with Gasteiger partial charge in [0.25, 0.3) is 0 Å². The molecule has 0 spiro atoms. The molecule has 1 rings (SSSR count). The minimum Gasteiger partial charge on any atom is -0.465 e. The van der Waals surface area contributed by atoms with Crippen LogP contribution < -0.4 is 11.5 Å². The number of nitrogens with zero attached hydrogens (tertiary/aromatic N) is 2. The lowest BCUT2D eigenvalue weighted by Gasteiger charge is -2.21. The van der Waals surface area contributed by atoms with Crippen molar-refractivity contribution in [3.05, 3.63) is 24.4 Å². The molecule has 0 aromatic carbocycles. The summed E-state index contributed by atoms with van der Waals surface area (Å²) in [6.45, 7) is 3.84. The first-order chi connectivity index (χ1) is 10.5. The molecule has 0 aliphatic carbocycles. The van der Waals surface area contributed by atoms with Crippen molar-refractivity contribution in [2.24, 2.45) is 11.5 Å². The quantitative estimate of drug-likeness (QED) is 0.246. The number of unbranched alkanes of at least 4 members (excludes halogenated alkanes) is 1. The van der Waals surface area contributed by atoms with Crippen LogP contribution in [0, 0.1) is 5.41 Å². The molecule has 0 saturated carbocycles. The Bertz CT molecular complexity index is 430. The second kappa shape index (κ2) is 13.1. The highest BCUT2D eigenvalue weighted by atomic mass is 33.1. The number of hydrogen-bond donors (Lipinski definition) is 4. The first-order valence-electron chi connectivity index (χ1n) is 6.75. The Hall–Kier alpha value is -1.61. The largest absolute Gasteiger partial charge is 0.465 e. The molecule has 124 valence electrons. The summed E-state index contributed by atoms with van der Waals surface area (Å²) in [6, 6.07) is 5.90. The third kappa shape index (κ3) is 12.2. The van der Waals surface area contributed by atoms with Crippen molar-refractivity contribution in [1.29, 1.82) is 5.41 Å². The molecule has 22 heavy (non-hydrogen) atoms. The van der Waals surface area contributed by atoms with Gasteiger partial charge in [-0.25, -0.2) is 9.78 Å². The highest BCUT2D eigenvalue weighted by Gasteiger charge is 2.05. The summed E-state index contributed by atoms with van der Waals surface area (Å²) < 4.78 is 0. The molecule has 1 amide bonds. The van der Waals surface area contributed by atoms with Crippen LogP contribution >= 0.6 is 21.6 Å². The molecule has 9 heteroatoms. The zero-order valence-electron chi connectivity index (χ0n) is 12.6. The average Bonchev–Trinajstić information content (AvgIpc) is 2.46. The lowest BCUT2D eigenvalue weighted by atomic mass is 10.3. The Morgan fingerprint density at radius 1 is 1.41 bits per heavy atom. The van der Waals surface area contributed by atoms with Gasteiger partial charge in [-0.3, -0.25) is 5.41 Å². The van der Waals surface area contributed by atoms with E-state index in [1.54, 1.807) is 27.8 Å². The van der Waals surface area contributed by atoms with Gasteiger partial charge in [0.2, 0.25) is 0 Å². The van der Waals surface area contributed by atoms with Crippen LogP contribution in [0.3, 0.4) is 0 Å². The van der Waals surface area contributed by atoms with E-state index >= 15 is 0 Å². The number of primary amides is 1. The molecule has 1 aromatic rings. The predicted octanol–water partition coefficient (Wildman–Crippen LogP) is 2.44. The minimum atomic E-state index is -1.33. The molecule has 0 aliphatic heterocycles. The van der Waals surface area contributed by atoms with E-state index < -0.39 is 6.09 Å². The number of rotatable bonds is 8. The molecular weight excluding hydrogens is 322 g/mol. The maximum absolute atomic E-state index is 8.78. The van der Waals surface area contributed by atoms with Gasteiger partial charge in [-0.1, -0.05) is 30.2 Å². The number of carboxylic acid groups (broad SMARTS) is 1. The summed E-state index contributed by atoms with van der Waals surface area (Å²) in [5, 5.41) is 15.7. The smallest absolute Gasteiger partial charge is 0.402 e. The maximum atomic E-state index is 8.78. The number of pyridine rings is 1. The van der Waals surface area contributed by atoms with Gasteiger partial charge in [-0.05, 0) is 29.3 Å². The lowest BCUT2D eigenvalue weighted by molar-refractivity contribution is 0.205. The van der Waals surface area contributed by atoms with Gasteiger partial charge in [0.1, 0.15) is 5.03 Å². The molecule has 0 radical (unpaired) electrons. The Morgan fingerprint density at radius 2 is 2.09 bits per heavy atom. The van der Waals surface area contributed by atoms with Crippen LogP contribution in [-0.2, 0) is 0 Å². The highest BCUT2D eigenvalue weighted by molar-refractivity contribution is 8.76. The second-order valence-electron chi connectivity index (χ2n) is 4.14. The Morgan fingerprint density at radius 3 is 2.59 bits per heavy atom. The molecule has 0 aliphatic rings. The molecule has 1 heterocycles. The van der Waals surface area contributed by atoms with E-state index in [2.05, 4.69) is 17.6 Å². The number of nitrogens with one attached hydrogen (secondary N) is 1. The van der Waals surface area contributed by atoms with Crippen molar-refractivity contribution in [2.75, 3.05) is 18.8 Å². The van der Waals surface area contributed by atoms with E-state index in [-0.39, 0.29) is 5.96 Å². The third-order valence-electron chi connectivity index (χ3n) is 2.35. The fourth-order valence-electron chi connectivity index (χ4n) is 1.35. The van der Waals surface area contributed by atoms with Gasteiger partial charge in [-0.15, -0.1) is 0 Å². The zero-order valence-corrected chi connectivity index (χ0v) is 14.2. The minimum absolute atomic E-state index is 0.173. The molecule has 1 aromatic heterocycles. The van der Waals surface area contributed by atoms with Crippen molar-refractivity contribution >= 4 is 33.6 Å². The Balaban J connectivity index is 0.000000980. The number of aromatic nitrogens is 1. The topological polar surface area (TPSA) is 129 Å². The van der Waals surface area contributed by atoms with Crippen LogP contribution in [0.4, 0.5) is 4.79 Å². The third-order valence-corrected chi connectivity index (χ3v) is 4.59. The summed E-state index contributed by atoms with van der Waals surface area (Å²) in [5.41, 5.74) is 9.58. The molecule has 0 saturated heterocycles. The van der Waals surface area contributed by atoms with Crippen LogP contribution in [0.2, 0.25) is 0 Å². The van der Waals surface area contributed by atoms with Crippen LogP contribution in [0.25, 0.3) is 0 Å². The first kappa shape index (κ1) is 20.4. The van der Waals surface area contributed by atoms with Gasteiger partial charge in [0.05, 0.1) is 0 Å². The Kier molecular flexibility index (Phi) is 12.1. The molecule has 0 fully saturated rings. The fraction of sp³-hybridized carbons (Fsp3) is 0.462. The molecule has 7 nitrogen and oxygen atoms in total. The van der Waals surface area contributed by atoms with Gasteiger partial charge < -0.3 is 21.5 Å². The maximum Gasteiger partial charge on any atom is 0.402 e. The van der Waals surface area contributed by atoms with Crippen molar-refractivity contribution < 1.29 is 9.90 Å². The zero-order chi connectivity index (χ0) is 16.8. The van der Waals surface area contributed by atoms with Crippen LogP contribution in [0.1, 0.15) is 19.8 Å².